The molecule has 86 valence electrons. The van der Waals surface area contributed by atoms with E-state index in [-0.39, 0.29) is 18.9 Å². The molecule has 0 aliphatic carbocycles. The summed E-state index contributed by atoms with van der Waals surface area (Å²) in [7, 11) is 1.27. The SMILES string of the molecule is COC(=O)CNC(=O)Cc1ccccc1N. The van der Waals surface area contributed by atoms with E-state index >= 15 is 0 Å². The van der Waals surface area contributed by atoms with Gasteiger partial charge >= 0.3 is 5.97 Å². The van der Waals surface area contributed by atoms with Crippen LogP contribution in [0.5, 0.6) is 0 Å². The highest BCUT2D eigenvalue weighted by Crippen LogP contribution is 2.10. The molecule has 5 nitrogen and oxygen atoms in total. The summed E-state index contributed by atoms with van der Waals surface area (Å²) in [6.07, 6.45) is 0.156. The first-order chi connectivity index (χ1) is 7.63. The summed E-state index contributed by atoms with van der Waals surface area (Å²) in [5.74, 6) is -0.738. The molecule has 0 atom stereocenters. The fourth-order valence-electron chi connectivity index (χ4n) is 1.17. The van der Waals surface area contributed by atoms with Crippen molar-refractivity contribution in [3.8, 4) is 0 Å². The van der Waals surface area contributed by atoms with Gasteiger partial charge in [-0.15, -0.1) is 0 Å². The third-order valence-electron chi connectivity index (χ3n) is 2.06. The summed E-state index contributed by atoms with van der Waals surface area (Å²) >= 11 is 0. The van der Waals surface area contributed by atoms with E-state index in [1.54, 1.807) is 24.3 Å². The monoisotopic (exact) mass is 222 g/mol. The topological polar surface area (TPSA) is 81.4 Å². The second-order valence-electron chi connectivity index (χ2n) is 3.23. The molecular formula is C11H14N2O3. The Balaban J connectivity index is 2.46. The fraction of sp³-hybridized carbons (Fsp3) is 0.273. The molecule has 5 heteroatoms. The fourth-order valence-corrected chi connectivity index (χ4v) is 1.17. The number of ether oxygens (including phenoxy) is 1. The van der Waals surface area contributed by atoms with Crippen LogP contribution in [-0.4, -0.2) is 25.5 Å². The van der Waals surface area contributed by atoms with Gasteiger partial charge in [0.15, 0.2) is 0 Å². The van der Waals surface area contributed by atoms with Crippen LogP contribution >= 0.6 is 0 Å². The van der Waals surface area contributed by atoms with Gasteiger partial charge in [-0.2, -0.15) is 0 Å². The minimum atomic E-state index is -0.477. The maximum atomic E-state index is 11.4. The van der Waals surface area contributed by atoms with Crippen LogP contribution in [0, 0.1) is 0 Å². The van der Waals surface area contributed by atoms with Gasteiger partial charge < -0.3 is 15.8 Å². The molecule has 0 radical (unpaired) electrons. The van der Waals surface area contributed by atoms with Crippen molar-refractivity contribution in [2.75, 3.05) is 19.4 Å². The number of hydrogen-bond donors (Lipinski definition) is 2. The number of carbonyl (C=O) groups excluding carboxylic acids is 2. The predicted octanol–water partition coefficient (Wildman–Crippen LogP) is 0.100. The van der Waals surface area contributed by atoms with Crippen LogP contribution in [0.3, 0.4) is 0 Å². The van der Waals surface area contributed by atoms with E-state index in [2.05, 4.69) is 10.1 Å². The standard InChI is InChI=1S/C11H14N2O3/c1-16-11(15)7-13-10(14)6-8-4-2-3-5-9(8)12/h2-5H,6-7,12H2,1H3,(H,13,14). The highest BCUT2D eigenvalue weighted by molar-refractivity contribution is 5.84. The molecule has 0 saturated heterocycles. The van der Waals surface area contributed by atoms with Crippen molar-refractivity contribution >= 4 is 17.6 Å². The molecule has 0 aliphatic rings. The Morgan fingerprint density at radius 2 is 2.06 bits per heavy atom. The zero-order chi connectivity index (χ0) is 12.0. The largest absolute Gasteiger partial charge is 0.468 e. The van der Waals surface area contributed by atoms with Crippen LogP contribution in [0.4, 0.5) is 5.69 Å². The Labute approximate surface area is 93.6 Å². The van der Waals surface area contributed by atoms with Gasteiger partial charge in [-0.1, -0.05) is 18.2 Å². The molecule has 1 aromatic carbocycles. The lowest BCUT2D eigenvalue weighted by atomic mass is 10.1. The lowest BCUT2D eigenvalue weighted by Gasteiger charge is -2.05. The minimum Gasteiger partial charge on any atom is -0.468 e. The smallest absolute Gasteiger partial charge is 0.325 e. The van der Waals surface area contributed by atoms with Crippen LogP contribution in [0.25, 0.3) is 0 Å². The third-order valence-corrected chi connectivity index (χ3v) is 2.06. The average molecular weight is 222 g/mol. The molecule has 3 N–H and O–H groups in total. The molecule has 1 amide bonds. The number of hydrogen-bond acceptors (Lipinski definition) is 4. The van der Waals surface area contributed by atoms with Crippen molar-refractivity contribution in [2.24, 2.45) is 0 Å². The summed E-state index contributed by atoms with van der Waals surface area (Å²) < 4.78 is 4.40. The van der Waals surface area contributed by atoms with Crippen molar-refractivity contribution in [3.63, 3.8) is 0 Å². The molecule has 1 rings (SSSR count). The predicted molar refractivity (Wildman–Crippen MR) is 59.6 cm³/mol. The minimum absolute atomic E-state index is 0.123. The number of amides is 1. The van der Waals surface area contributed by atoms with Gasteiger partial charge in [0.2, 0.25) is 5.91 Å². The summed E-state index contributed by atoms with van der Waals surface area (Å²) in [6.45, 7) is -0.123. The molecule has 0 fully saturated rings. The third kappa shape index (κ3) is 3.61. The molecular weight excluding hydrogens is 208 g/mol. The lowest BCUT2D eigenvalue weighted by Crippen LogP contribution is -2.31. The number of carbonyl (C=O) groups is 2. The summed E-state index contributed by atoms with van der Waals surface area (Å²) in [5, 5.41) is 2.44. The molecule has 0 saturated carbocycles. The first-order valence-electron chi connectivity index (χ1n) is 4.80. The highest BCUT2D eigenvalue weighted by Gasteiger charge is 2.07. The van der Waals surface area contributed by atoms with Crippen LogP contribution in [0.15, 0.2) is 24.3 Å². The first kappa shape index (κ1) is 12.0. The molecule has 0 bridgehead atoms. The Hall–Kier alpha value is -2.04. The number of anilines is 1. The van der Waals surface area contributed by atoms with E-state index in [1.165, 1.54) is 7.11 Å². The zero-order valence-electron chi connectivity index (χ0n) is 9.03. The number of methoxy groups -OCH3 is 1. The van der Waals surface area contributed by atoms with Crippen molar-refractivity contribution in [3.05, 3.63) is 29.8 Å². The van der Waals surface area contributed by atoms with Gasteiger partial charge in [0.25, 0.3) is 0 Å². The van der Waals surface area contributed by atoms with Gasteiger partial charge in [-0.05, 0) is 11.6 Å². The Morgan fingerprint density at radius 1 is 1.38 bits per heavy atom. The van der Waals surface area contributed by atoms with E-state index in [0.717, 1.165) is 5.56 Å². The molecule has 0 heterocycles. The number of nitrogens with two attached hydrogens (primary N) is 1. The second kappa shape index (κ2) is 5.75. The zero-order valence-corrected chi connectivity index (χ0v) is 9.03. The van der Waals surface area contributed by atoms with Crippen molar-refractivity contribution < 1.29 is 14.3 Å². The number of para-hydroxylation sites is 1. The van der Waals surface area contributed by atoms with Gasteiger partial charge in [-0.25, -0.2) is 0 Å². The van der Waals surface area contributed by atoms with E-state index in [0.29, 0.717) is 5.69 Å². The Morgan fingerprint density at radius 3 is 2.69 bits per heavy atom. The number of benzene rings is 1. The number of rotatable bonds is 4. The van der Waals surface area contributed by atoms with Crippen LogP contribution in [-0.2, 0) is 20.7 Å². The first-order valence-corrected chi connectivity index (χ1v) is 4.80. The van der Waals surface area contributed by atoms with Crippen LogP contribution in [0.2, 0.25) is 0 Å². The molecule has 0 unspecified atom stereocenters. The van der Waals surface area contributed by atoms with Gasteiger partial charge in [0.1, 0.15) is 6.54 Å². The number of nitrogens with one attached hydrogen (secondary N) is 1. The Bertz CT molecular complexity index is 391. The Kier molecular flexibility index (Phi) is 4.32. The average Bonchev–Trinajstić information content (AvgIpc) is 2.29. The van der Waals surface area contributed by atoms with Gasteiger partial charge in [-0.3, -0.25) is 9.59 Å². The normalized spacial score (nSPS) is 9.56. The van der Waals surface area contributed by atoms with E-state index in [4.69, 9.17) is 5.73 Å². The maximum Gasteiger partial charge on any atom is 0.325 e. The summed E-state index contributed by atoms with van der Waals surface area (Å²) in [4.78, 5) is 22.2. The second-order valence-corrected chi connectivity index (χ2v) is 3.23. The van der Waals surface area contributed by atoms with E-state index < -0.39 is 5.97 Å². The highest BCUT2D eigenvalue weighted by atomic mass is 16.5. The maximum absolute atomic E-state index is 11.4. The quantitative estimate of drug-likeness (QED) is 0.559. The van der Waals surface area contributed by atoms with Crippen molar-refractivity contribution in [2.45, 2.75) is 6.42 Å². The lowest BCUT2D eigenvalue weighted by molar-refractivity contribution is -0.141. The summed E-state index contributed by atoms with van der Waals surface area (Å²) in [5.41, 5.74) is 6.99. The van der Waals surface area contributed by atoms with E-state index in [1.807, 2.05) is 0 Å². The van der Waals surface area contributed by atoms with Crippen LogP contribution in [0.1, 0.15) is 5.56 Å². The molecule has 16 heavy (non-hydrogen) atoms. The molecule has 0 spiro atoms. The number of esters is 1. The summed E-state index contributed by atoms with van der Waals surface area (Å²) in [6, 6.07) is 7.10. The van der Waals surface area contributed by atoms with Gasteiger partial charge in [0, 0.05) is 5.69 Å². The van der Waals surface area contributed by atoms with Crippen LogP contribution < -0.4 is 11.1 Å². The molecule has 0 aromatic heterocycles. The molecule has 0 aliphatic heterocycles. The number of nitrogen functional groups attached to an aromatic ring is 1. The van der Waals surface area contributed by atoms with Crippen molar-refractivity contribution in [1.82, 2.24) is 5.32 Å². The molecule has 1 aromatic rings. The van der Waals surface area contributed by atoms with E-state index in [9.17, 15) is 9.59 Å². The van der Waals surface area contributed by atoms with Crippen molar-refractivity contribution in [1.29, 1.82) is 0 Å². The van der Waals surface area contributed by atoms with Gasteiger partial charge in [0.05, 0.1) is 13.5 Å².